The summed E-state index contributed by atoms with van der Waals surface area (Å²) >= 11 is 0. The molecule has 5 rings (SSSR count). The number of nitrogens with two attached hydrogens (primary N) is 1. The molecule has 2 N–H and O–H groups in total. The minimum atomic E-state index is -0.451. The van der Waals surface area contributed by atoms with Gasteiger partial charge < -0.3 is 20.3 Å². The zero-order valence-corrected chi connectivity index (χ0v) is 19.0. The zero-order valence-electron chi connectivity index (χ0n) is 19.0. The number of benzene rings is 1. The normalized spacial score (nSPS) is 14.4. The lowest BCUT2D eigenvalue weighted by molar-refractivity contribution is 0.312. The average molecular weight is 461 g/mol. The third-order valence-electron chi connectivity index (χ3n) is 5.84. The molecule has 4 aromatic rings. The van der Waals surface area contributed by atoms with E-state index in [0.717, 1.165) is 37.6 Å². The summed E-state index contributed by atoms with van der Waals surface area (Å²) in [6, 6.07) is 10.0. The van der Waals surface area contributed by atoms with E-state index >= 15 is 0 Å². The SMILES string of the molecule is COc1cccc(F)c1-c1nccc(-c2cnn(-c3cc(N)cc(N4CCN(C)CC4)n3)c2)n1. The second kappa shape index (κ2) is 9.06. The van der Waals surface area contributed by atoms with Gasteiger partial charge in [-0.1, -0.05) is 6.07 Å². The van der Waals surface area contributed by atoms with Gasteiger partial charge in [-0.3, -0.25) is 0 Å². The molecule has 0 radical (unpaired) electrons. The van der Waals surface area contributed by atoms with Gasteiger partial charge in [-0.2, -0.15) is 5.10 Å². The van der Waals surface area contributed by atoms with Gasteiger partial charge in [0.25, 0.3) is 0 Å². The standard InChI is InChI=1S/C24H25FN8O/c1-31-8-10-32(11-9-31)21-12-17(26)13-22(30-21)33-15-16(14-28-33)19-6-7-27-24(29-19)23-18(25)4-3-5-20(23)34-2/h3-7,12-15H,8-11H2,1-2H3,(H2,26,30). The summed E-state index contributed by atoms with van der Waals surface area (Å²) in [5.41, 5.74) is 8.36. The molecule has 0 bridgehead atoms. The number of aromatic nitrogens is 5. The van der Waals surface area contributed by atoms with Crippen LogP contribution in [0.2, 0.25) is 0 Å². The Kier molecular flexibility index (Phi) is 5.81. The maximum atomic E-state index is 14.5. The second-order valence-electron chi connectivity index (χ2n) is 8.16. The first kappa shape index (κ1) is 21.8. The summed E-state index contributed by atoms with van der Waals surface area (Å²) in [7, 11) is 3.60. The fourth-order valence-electron chi connectivity index (χ4n) is 3.95. The molecule has 0 unspecified atom stereocenters. The first-order valence-electron chi connectivity index (χ1n) is 10.9. The quantitative estimate of drug-likeness (QED) is 0.486. The molecule has 1 aliphatic heterocycles. The highest BCUT2D eigenvalue weighted by molar-refractivity contribution is 5.68. The van der Waals surface area contributed by atoms with Gasteiger partial charge in [0, 0.05) is 62.0 Å². The lowest BCUT2D eigenvalue weighted by Gasteiger charge is -2.33. The predicted molar refractivity (Wildman–Crippen MR) is 128 cm³/mol. The third-order valence-corrected chi connectivity index (χ3v) is 5.84. The number of nitrogens with zero attached hydrogens (tertiary/aromatic N) is 7. The molecular weight excluding hydrogens is 435 g/mol. The van der Waals surface area contributed by atoms with Gasteiger partial charge in [-0.05, 0) is 25.2 Å². The van der Waals surface area contributed by atoms with Crippen LogP contribution in [0.3, 0.4) is 0 Å². The maximum Gasteiger partial charge on any atom is 0.166 e. The van der Waals surface area contributed by atoms with Crippen LogP contribution in [0.1, 0.15) is 0 Å². The maximum absolute atomic E-state index is 14.5. The van der Waals surface area contributed by atoms with Crippen LogP contribution in [0.15, 0.2) is 55.0 Å². The van der Waals surface area contributed by atoms with E-state index in [4.69, 9.17) is 15.5 Å². The molecular formula is C24H25FN8O. The number of likely N-dealkylation sites (N-methyl/N-ethyl adjacent to an activating group) is 1. The number of nitrogen functional groups attached to an aromatic ring is 1. The molecule has 174 valence electrons. The van der Waals surface area contributed by atoms with Crippen LogP contribution >= 0.6 is 0 Å². The molecule has 4 heterocycles. The van der Waals surface area contributed by atoms with Gasteiger partial charge in [0.2, 0.25) is 0 Å². The molecule has 1 fully saturated rings. The lowest BCUT2D eigenvalue weighted by Crippen LogP contribution is -2.44. The minimum absolute atomic E-state index is 0.216. The third kappa shape index (κ3) is 4.27. The van der Waals surface area contributed by atoms with Crippen molar-refractivity contribution >= 4 is 11.5 Å². The highest BCUT2D eigenvalue weighted by Crippen LogP contribution is 2.31. The van der Waals surface area contributed by atoms with Gasteiger partial charge in [0.05, 0.1) is 24.6 Å². The van der Waals surface area contributed by atoms with Gasteiger partial charge >= 0.3 is 0 Å². The molecule has 1 aliphatic rings. The van der Waals surface area contributed by atoms with Crippen molar-refractivity contribution in [2.45, 2.75) is 0 Å². The molecule has 0 spiro atoms. The van der Waals surface area contributed by atoms with E-state index in [1.165, 1.54) is 13.2 Å². The Bertz CT molecular complexity index is 1320. The van der Waals surface area contributed by atoms with E-state index in [9.17, 15) is 4.39 Å². The van der Waals surface area contributed by atoms with E-state index < -0.39 is 5.82 Å². The van der Waals surface area contributed by atoms with E-state index in [0.29, 0.717) is 22.9 Å². The van der Waals surface area contributed by atoms with Crippen molar-refractivity contribution in [3.05, 3.63) is 60.8 Å². The Hall–Kier alpha value is -4.05. The number of rotatable bonds is 5. The Morgan fingerprint density at radius 3 is 2.62 bits per heavy atom. The molecule has 3 aromatic heterocycles. The predicted octanol–water partition coefficient (Wildman–Crippen LogP) is 2.87. The molecule has 0 saturated carbocycles. The number of pyridine rings is 1. The van der Waals surface area contributed by atoms with Crippen molar-refractivity contribution in [2.24, 2.45) is 0 Å². The van der Waals surface area contributed by atoms with Gasteiger partial charge in [0.15, 0.2) is 11.6 Å². The number of methoxy groups -OCH3 is 1. The Balaban J connectivity index is 1.46. The Morgan fingerprint density at radius 1 is 1.03 bits per heavy atom. The highest BCUT2D eigenvalue weighted by atomic mass is 19.1. The van der Waals surface area contributed by atoms with Crippen molar-refractivity contribution in [2.75, 3.05) is 51.0 Å². The number of hydrogen-bond donors (Lipinski definition) is 1. The van der Waals surface area contributed by atoms with Crippen LogP contribution in [-0.2, 0) is 0 Å². The first-order valence-corrected chi connectivity index (χ1v) is 10.9. The smallest absolute Gasteiger partial charge is 0.166 e. The lowest BCUT2D eigenvalue weighted by atomic mass is 10.1. The molecule has 0 aliphatic carbocycles. The van der Waals surface area contributed by atoms with Crippen LogP contribution in [0.5, 0.6) is 5.75 Å². The molecule has 34 heavy (non-hydrogen) atoms. The van der Waals surface area contributed by atoms with E-state index in [2.05, 4.69) is 31.9 Å². The summed E-state index contributed by atoms with van der Waals surface area (Å²) in [6.07, 6.45) is 5.09. The van der Waals surface area contributed by atoms with Crippen LogP contribution < -0.4 is 15.4 Å². The van der Waals surface area contributed by atoms with Gasteiger partial charge in [0.1, 0.15) is 17.4 Å². The minimum Gasteiger partial charge on any atom is -0.496 e. The summed E-state index contributed by atoms with van der Waals surface area (Å²) < 4.78 is 21.5. The van der Waals surface area contributed by atoms with Crippen LogP contribution in [0.25, 0.3) is 28.5 Å². The Morgan fingerprint density at radius 2 is 1.82 bits per heavy atom. The van der Waals surface area contributed by atoms with E-state index in [1.54, 1.807) is 41.3 Å². The second-order valence-corrected chi connectivity index (χ2v) is 8.16. The largest absolute Gasteiger partial charge is 0.496 e. The topological polar surface area (TPSA) is 98.2 Å². The number of ether oxygens (including phenoxy) is 1. The zero-order chi connectivity index (χ0) is 23.7. The molecule has 9 nitrogen and oxygen atoms in total. The summed E-state index contributed by atoms with van der Waals surface area (Å²) in [4.78, 5) is 18.1. The molecule has 0 amide bonds. The van der Waals surface area contributed by atoms with Crippen molar-refractivity contribution in [3.8, 4) is 34.2 Å². The molecule has 0 atom stereocenters. The molecule has 1 aromatic carbocycles. The average Bonchev–Trinajstić information content (AvgIpc) is 3.34. The van der Waals surface area contributed by atoms with Crippen molar-refractivity contribution in [3.63, 3.8) is 0 Å². The van der Waals surface area contributed by atoms with E-state index in [1.807, 2.05) is 12.3 Å². The Labute approximate surface area is 196 Å². The number of halogens is 1. The van der Waals surface area contributed by atoms with Crippen molar-refractivity contribution in [1.29, 1.82) is 0 Å². The molecule has 1 saturated heterocycles. The highest BCUT2D eigenvalue weighted by Gasteiger charge is 2.18. The van der Waals surface area contributed by atoms with Crippen molar-refractivity contribution < 1.29 is 9.13 Å². The van der Waals surface area contributed by atoms with Gasteiger partial charge in [-0.25, -0.2) is 24.0 Å². The summed E-state index contributed by atoms with van der Waals surface area (Å²) in [5, 5.41) is 4.47. The number of anilines is 2. The van der Waals surface area contributed by atoms with E-state index in [-0.39, 0.29) is 11.4 Å². The number of hydrogen-bond acceptors (Lipinski definition) is 8. The number of piperazine rings is 1. The summed E-state index contributed by atoms with van der Waals surface area (Å²) in [6.45, 7) is 3.72. The van der Waals surface area contributed by atoms with Crippen LogP contribution in [0, 0.1) is 5.82 Å². The van der Waals surface area contributed by atoms with Crippen LogP contribution in [-0.4, -0.2) is 70.0 Å². The van der Waals surface area contributed by atoms with Gasteiger partial charge in [-0.15, -0.1) is 0 Å². The van der Waals surface area contributed by atoms with Crippen molar-refractivity contribution in [1.82, 2.24) is 29.6 Å². The fourth-order valence-corrected chi connectivity index (χ4v) is 3.95. The van der Waals surface area contributed by atoms with Crippen LogP contribution in [0.4, 0.5) is 15.9 Å². The fraction of sp³-hybridized carbons (Fsp3) is 0.250. The monoisotopic (exact) mass is 460 g/mol. The molecule has 10 heteroatoms. The summed E-state index contributed by atoms with van der Waals surface area (Å²) in [5.74, 6) is 1.60. The first-order chi connectivity index (χ1) is 16.5.